The summed E-state index contributed by atoms with van der Waals surface area (Å²) in [6, 6.07) is 7.85. The zero-order valence-corrected chi connectivity index (χ0v) is 38.7. The van der Waals surface area contributed by atoms with Crippen molar-refractivity contribution < 1.29 is 37.5 Å². The Bertz CT molecular complexity index is 2680. The molecule has 18 heteroatoms. The molecule has 0 spiro atoms. The molecule has 10 rings (SSSR count). The number of carbonyl (C=O) groups excluding carboxylic acids is 6. The molecule has 2 aromatic heterocycles. The summed E-state index contributed by atoms with van der Waals surface area (Å²) in [6.07, 6.45) is 8.91. The molecular formula is C50H58F2N10O6. The SMILES string of the molecule is CC(=O)N1CCc2c(c(N3CCCc4cc(-c5cnn(C)c5)c(C(F)F)cc43)nn2C2CCN(C(=O)CN3CCC(CCCc4cccc5c4C(=O)N(C4CCC(=O)NC4=O)C5=O)CC3)CC2)C1. The molecule has 0 bridgehead atoms. The van der Waals surface area contributed by atoms with Crippen molar-refractivity contribution >= 4 is 46.9 Å². The topological polar surface area (TPSA) is 166 Å². The third-order valence-electron chi connectivity index (χ3n) is 15.2. The summed E-state index contributed by atoms with van der Waals surface area (Å²) in [5, 5.41) is 11.8. The van der Waals surface area contributed by atoms with E-state index in [1.54, 1.807) is 49.2 Å². The average molecular weight is 933 g/mol. The molecule has 358 valence electrons. The van der Waals surface area contributed by atoms with Crippen LogP contribution in [0.1, 0.15) is 126 Å². The summed E-state index contributed by atoms with van der Waals surface area (Å²) in [5.74, 6) is -0.682. The molecule has 6 amide bonds. The highest BCUT2D eigenvalue weighted by Crippen LogP contribution is 2.44. The van der Waals surface area contributed by atoms with Gasteiger partial charge in [-0.2, -0.15) is 10.2 Å². The van der Waals surface area contributed by atoms with E-state index in [2.05, 4.69) is 24.9 Å². The Hall–Kier alpha value is -6.30. The lowest BCUT2D eigenvalue weighted by atomic mass is 9.89. The maximum Gasteiger partial charge on any atom is 0.264 e. The summed E-state index contributed by atoms with van der Waals surface area (Å²) >= 11 is 0. The minimum atomic E-state index is -2.69. The molecule has 8 heterocycles. The van der Waals surface area contributed by atoms with Crippen molar-refractivity contribution in [1.82, 2.24) is 44.5 Å². The molecule has 6 aliphatic heterocycles. The first-order valence-corrected chi connectivity index (χ1v) is 24.2. The maximum absolute atomic E-state index is 14.7. The van der Waals surface area contributed by atoms with Gasteiger partial charge in [0.25, 0.3) is 18.2 Å². The van der Waals surface area contributed by atoms with E-state index in [1.807, 2.05) is 21.9 Å². The van der Waals surface area contributed by atoms with Crippen LogP contribution in [0.25, 0.3) is 11.1 Å². The summed E-state index contributed by atoms with van der Waals surface area (Å²) < 4.78 is 33.2. The largest absolute Gasteiger partial charge is 0.341 e. The van der Waals surface area contributed by atoms with Crippen LogP contribution in [0, 0.1) is 5.92 Å². The van der Waals surface area contributed by atoms with Gasteiger partial charge in [-0.3, -0.25) is 53.2 Å². The van der Waals surface area contributed by atoms with Gasteiger partial charge in [0.1, 0.15) is 6.04 Å². The Morgan fingerprint density at radius 2 is 1.68 bits per heavy atom. The summed E-state index contributed by atoms with van der Waals surface area (Å²) in [6.45, 7) is 6.40. The van der Waals surface area contributed by atoms with E-state index in [1.165, 1.54) is 0 Å². The van der Waals surface area contributed by atoms with Crippen molar-refractivity contribution in [3.05, 3.63) is 81.8 Å². The lowest BCUT2D eigenvalue weighted by Crippen LogP contribution is -2.54. The quantitative estimate of drug-likeness (QED) is 0.190. The second-order valence-electron chi connectivity index (χ2n) is 19.4. The fourth-order valence-corrected chi connectivity index (χ4v) is 11.5. The molecule has 68 heavy (non-hydrogen) atoms. The van der Waals surface area contributed by atoms with Crippen LogP contribution < -0.4 is 10.2 Å². The van der Waals surface area contributed by atoms with Crippen LogP contribution in [-0.4, -0.2) is 126 Å². The van der Waals surface area contributed by atoms with Crippen molar-refractivity contribution in [2.24, 2.45) is 13.0 Å². The van der Waals surface area contributed by atoms with Crippen molar-refractivity contribution in [2.45, 2.75) is 109 Å². The molecule has 2 aromatic carbocycles. The van der Waals surface area contributed by atoms with Crippen LogP contribution in [-0.2, 0) is 52.0 Å². The van der Waals surface area contributed by atoms with Gasteiger partial charge in [0.05, 0.1) is 36.5 Å². The fourth-order valence-electron chi connectivity index (χ4n) is 11.5. The molecule has 1 N–H and O–H groups in total. The summed E-state index contributed by atoms with van der Waals surface area (Å²) in [4.78, 5) is 86.6. The molecule has 1 unspecified atom stereocenters. The molecule has 4 aromatic rings. The number of fused-ring (bicyclic) bond motifs is 3. The zero-order valence-electron chi connectivity index (χ0n) is 38.7. The number of benzene rings is 2. The summed E-state index contributed by atoms with van der Waals surface area (Å²) in [5.41, 5.74) is 6.29. The fraction of sp³-hybridized carbons (Fsp3) is 0.520. The Balaban J connectivity index is 0.746. The molecular weight excluding hydrogens is 875 g/mol. The van der Waals surface area contributed by atoms with E-state index in [-0.39, 0.29) is 36.3 Å². The molecule has 6 aliphatic rings. The van der Waals surface area contributed by atoms with Gasteiger partial charge in [-0.1, -0.05) is 18.6 Å². The third kappa shape index (κ3) is 8.60. The van der Waals surface area contributed by atoms with Gasteiger partial charge < -0.3 is 14.7 Å². The number of alkyl halides is 2. The molecule has 3 saturated heterocycles. The number of nitrogens with zero attached hydrogens (tertiary/aromatic N) is 9. The van der Waals surface area contributed by atoms with Crippen LogP contribution in [0.4, 0.5) is 20.3 Å². The minimum absolute atomic E-state index is 0.0161. The standard InChI is InChI=1S/C50H58F2N10O6/c1-30(63)59-23-17-40-39(28-59)47(60-18-5-9-33-24-37(34-26-53-56(2)27-34)38(46(51)52)25-42(33)60)55-62(40)35-15-21-58(22-16-35)44(65)29-57-19-13-31(14-20-57)6-3-7-32-8-4-10-36-45(32)50(68)61(49(36)67)41-11-12-43(64)54-48(41)66/h4,8,10,24-27,31,35,41,46H,3,5-7,9,11-23,28-29H2,1-2H3,(H,54,64,66). The molecule has 16 nitrogen and oxygen atoms in total. The van der Waals surface area contributed by atoms with Crippen LogP contribution in [0.15, 0.2) is 42.7 Å². The summed E-state index contributed by atoms with van der Waals surface area (Å²) in [7, 11) is 1.77. The van der Waals surface area contributed by atoms with Gasteiger partial charge in [0, 0.05) is 87.3 Å². The molecule has 0 saturated carbocycles. The lowest BCUT2D eigenvalue weighted by molar-refractivity contribution is -0.136. The molecule has 0 radical (unpaired) electrons. The number of nitrogens with one attached hydrogen (secondary N) is 1. The van der Waals surface area contributed by atoms with Crippen LogP contribution in [0.3, 0.4) is 0 Å². The minimum Gasteiger partial charge on any atom is -0.341 e. The lowest BCUT2D eigenvalue weighted by Gasteiger charge is -2.36. The first kappa shape index (κ1) is 45.5. The van der Waals surface area contributed by atoms with Gasteiger partial charge in [-0.25, -0.2) is 8.78 Å². The number of piperidine rings is 3. The predicted octanol–water partition coefficient (Wildman–Crippen LogP) is 5.51. The number of aryl methyl sites for hydroxylation is 3. The first-order valence-electron chi connectivity index (χ1n) is 24.2. The van der Waals surface area contributed by atoms with E-state index in [9.17, 15) is 37.5 Å². The zero-order chi connectivity index (χ0) is 47.4. The number of likely N-dealkylation sites (tertiary alicyclic amines) is 2. The number of amides is 6. The van der Waals surface area contributed by atoms with E-state index < -0.39 is 36.1 Å². The van der Waals surface area contributed by atoms with Crippen LogP contribution in [0.5, 0.6) is 0 Å². The number of aromatic nitrogens is 4. The van der Waals surface area contributed by atoms with Gasteiger partial charge in [0.2, 0.25) is 23.6 Å². The Morgan fingerprint density at radius 1 is 0.882 bits per heavy atom. The third-order valence-corrected chi connectivity index (χ3v) is 15.2. The number of rotatable bonds is 11. The average Bonchev–Trinajstić information content (AvgIpc) is 4.02. The molecule has 3 fully saturated rings. The van der Waals surface area contributed by atoms with Crippen molar-refractivity contribution in [3.63, 3.8) is 0 Å². The normalized spacial score (nSPS) is 20.6. The van der Waals surface area contributed by atoms with E-state index in [0.717, 1.165) is 103 Å². The number of hydrogen-bond donors (Lipinski definition) is 1. The first-order chi connectivity index (χ1) is 32.8. The Kier molecular flexibility index (Phi) is 12.5. The van der Waals surface area contributed by atoms with Crippen LogP contribution in [0.2, 0.25) is 0 Å². The smallest absolute Gasteiger partial charge is 0.264 e. The van der Waals surface area contributed by atoms with E-state index in [4.69, 9.17) is 5.10 Å². The number of halogens is 2. The maximum atomic E-state index is 14.7. The monoisotopic (exact) mass is 932 g/mol. The highest BCUT2D eigenvalue weighted by molar-refractivity contribution is 6.24. The number of imide groups is 2. The van der Waals surface area contributed by atoms with E-state index >= 15 is 0 Å². The second kappa shape index (κ2) is 18.7. The molecule has 1 atom stereocenters. The Labute approximate surface area is 393 Å². The van der Waals surface area contributed by atoms with Gasteiger partial charge in [-0.05, 0) is 112 Å². The van der Waals surface area contributed by atoms with Crippen molar-refractivity contribution in [2.75, 3.05) is 50.7 Å². The predicted molar refractivity (Wildman–Crippen MR) is 246 cm³/mol. The number of carbonyl (C=O) groups is 6. The van der Waals surface area contributed by atoms with Crippen LogP contribution >= 0.6 is 0 Å². The number of anilines is 2. The van der Waals surface area contributed by atoms with Crippen molar-refractivity contribution in [1.29, 1.82) is 0 Å². The second-order valence-corrected chi connectivity index (χ2v) is 19.4. The van der Waals surface area contributed by atoms with Crippen molar-refractivity contribution in [3.8, 4) is 11.1 Å². The van der Waals surface area contributed by atoms with Gasteiger partial charge >= 0.3 is 0 Å². The highest BCUT2D eigenvalue weighted by Gasteiger charge is 2.45. The number of hydrogen-bond acceptors (Lipinski definition) is 10. The van der Waals surface area contributed by atoms with Gasteiger partial charge in [-0.15, -0.1) is 0 Å². The van der Waals surface area contributed by atoms with E-state index in [0.29, 0.717) is 80.3 Å². The van der Waals surface area contributed by atoms with Gasteiger partial charge in [0.15, 0.2) is 5.82 Å². The molecule has 0 aliphatic carbocycles. The highest BCUT2D eigenvalue weighted by atomic mass is 19.3. The Morgan fingerprint density at radius 3 is 2.40 bits per heavy atom.